The summed E-state index contributed by atoms with van der Waals surface area (Å²) in [5, 5.41) is 0.129. The standard InChI is InChI=1S/C29H28N2O3S/c1-19(2)18-34-25-14-11-22(12-15-25)17-26-27(32)30(23-8-6-5-7-9-23)29(35)31(28(26)33)24-13-10-20(3)21(4)16-24/h5-17,19H,18H2,1-4H3/b26-17-. The molecule has 1 heterocycles. The van der Waals surface area contributed by atoms with Crippen molar-refractivity contribution in [3.05, 3.63) is 95.1 Å². The van der Waals surface area contributed by atoms with Crippen LogP contribution in [-0.4, -0.2) is 23.5 Å². The lowest BCUT2D eigenvalue weighted by Gasteiger charge is -2.36. The molecule has 0 radical (unpaired) electrons. The molecule has 1 fully saturated rings. The van der Waals surface area contributed by atoms with Gasteiger partial charge in [0.15, 0.2) is 5.11 Å². The normalized spacial score (nSPS) is 15.3. The summed E-state index contributed by atoms with van der Waals surface area (Å²) < 4.78 is 5.75. The molecule has 0 unspecified atom stereocenters. The van der Waals surface area contributed by atoms with Crippen LogP contribution in [0, 0.1) is 19.8 Å². The number of nitrogens with zero attached hydrogens (tertiary/aromatic N) is 2. The molecule has 2 amide bonds. The van der Waals surface area contributed by atoms with Crippen molar-refractivity contribution in [2.24, 2.45) is 5.92 Å². The number of anilines is 2. The Labute approximate surface area is 211 Å². The summed E-state index contributed by atoms with van der Waals surface area (Å²) in [4.78, 5) is 30.1. The summed E-state index contributed by atoms with van der Waals surface area (Å²) in [7, 11) is 0. The number of ether oxygens (including phenoxy) is 1. The van der Waals surface area contributed by atoms with E-state index in [2.05, 4.69) is 13.8 Å². The van der Waals surface area contributed by atoms with E-state index in [0.29, 0.717) is 23.9 Å². The number of aryl methyl sites for hydroxylation is 2. The van der Waals surface area contributed by atoms with E-state index in [1.54, 1.807) is 18.2 Å². The number of para-hydroxylation sites is 1. The minimum atomic E-state index is -0.452. The van der Waals surface area contributed by atoms with Crippen molar-refractivity contribution in [3.8, 4) is 5.75 Å². The highest BCUT2D eigenvalue weighted by molar-refractivity contribution is 7.81. The van der Waals surface area contributed by atoms with E-state index in [0.717, 1.165) is 22.4 Å². The summed E-state index contributed by atoms with van der Waals surface area (Å²) in [6.07, 6.45) is 1.61. The SMILES string of the molecule is Cc1ccc(N2C(=O)/C(=C\c3ccc(OCC(C)C)cc3)C(=O)N(c3ccccc3)C2=S)cc1C. The Balaban J connectivity index is 1.76. The molecule has 0 aliphatic carbocycles. The molecule has 5 nitrogen and oxygen atoms in total. The molecule has 35 heavy (non-hydrogen) atoms. The predicted octanol–water partition coefficient (Wildman–Crippen LogP) is 6.09. The highest BCUT2D eigenvalue weighted by atomic mass is 32.1. The van der Waals surface area contributed by atoms with Gasteiger partial charge in [0, 0.05) is 0 Å². The second-order valence-corrected chi connectivity index (χ2v) is 9.36. The van der Waals surface area contributed by atoms with Gasteiger partial charge in [0.25, 0.3) is 11.8 Å². The van der Waals surface area contributed by atoms with Crippen LogP contribution in [-0.2, 0) is 9.59 Å². The van der Waals surface area contributed by atoms with Crippen molar-refractivity contribution in [2.75, 3.05) is 16.4 Å². The third-order valence-electron chi connectivity index (χ3n) is 5.79. The topological polar surface area (TPSA) is 49.9 Å². The first kappa shape index (κ1) is 24.4. The second-order valence-electron chi connectivity index (χ2n) is 9.00. The van der Waals surface area contributed by atoms with E-state index in [1.807, 2.05) is 74.5 Å². The van der Waals surface area contributed by atoms with Crippen molar-refractivity contribution in [2.45, 2.75) is 27.7 Å². The lowest BCUT2D eigenvalue weighted by atomic mass is 10.0. The average molecular weight is 485 g/mol. The maximum Gasteiger partial charge on any atom is 0.270 e. The molecule has 0 bridgehead atoms. The zero-order chi connectivity index (χ0) is 25.1. The molecular weight excluding hydrogens is 456 g/mol. The van der Waals surface area contributed by atoms with Gasteiger partial charge in [-0.05, 0) is 91.1 Å². The average Bonchev–Trinajstić information content (AvgIpc) is 2.84. The van der Waals surface area contributed by atoms with Gasteiger partial charge in [0.1, 0.15) is 11.3 Å². The van der Waals surface area contributed by atoms with Gasteiger partial charge in [0.05, 0.1) is 18.0 Å². The first-order chi connectivity index (χ1) is 16.8. The van der Waals surface area contributed by atoms with Crippen molar-refractivity contribution < 1.29 is 14.3 Å². The number of carbonyl (C=O) groups is 2. The highest BCUT2D eigenvalue weighted by Crippen LogP contribution is 2.31. The minimum absolute atomic E-state index is 0.0385. The Morgan fingerprint density at radius 2 is 1.46 bits per heavy atom. The minimum Gasteiger partial charge on any atom is -0.493 e. The molecule has 1 aliphatic heterocycles. The lowest BCUT2D eigenvalue weighted by Crippen LogP contribution is -2.57. The maximum absolute atomic E-state index is 13.7. The molecule has 0 aromatic heterocycles. The van der Waals surface area contributed by atoms with Crippen LogP contribution in [0.2, 0.25) is 0 Å². The highest BCUT2D eigenvalue weighted by Gasteiger charge is 2.41. The Bertz CT molecular complexity index is 1300. The first-order valence-electron chi connectivity index (χ1n) is 11.6. The van der Waals surface area contributed by atoms with Crippen LogP contribution < -0.4 is 14.5 Å². The van der Waals surface area contributed by atoms with Crippen LogP contribution in [0.4, 0.5) is 11.4 Å². The van der Waals surface area contributed by atoms with Gasteiger partial charge in [-0.25, -0.2) is 0 Å². The molecule has 4 rings (SSSR count). The van der Waals surface area contributed by atoms with Crippen molar-refractivity contribution >= 4 is 46.6 Å². The quantitative estimate of drug-likeness (QED) is 0.241. The van der Waals surface area contributed by atoms with Gasteiger partial charge in [-0.15, -0.1) is 0 Å². The maximum atomic E-state index is 13.7. The van der Waals surface area contributed by atoms with Crippen LogP contribution in [0.15, 0.2) is 78.4 Å². The molecule has 6 heteroatoms. The molecule has 3 aromatic carbocycles. The van der Waals surface area contributed by atoms with E-state index in [-0.39, 0.29) is 10.7 Å². The van der Waals surface area contributed by atoms with Crippen molar-refractivity contribution in [3.63, 3.8) is 0 Å². The summed E-state index contributed by atoms with van der Waals surface area (Å²) in [5.41, 5.74) is 4.13. The summed E-state index contributed by atoms with van der Waals surface area (Å²) >= 11 is 5.69. The molecule has 0 atom stereocenters. The van der Waals surface area contributed by atoms with Crippen molar-refractivity contribution in [1.29, 1.82) is 0 Å². The Morgan fingerprint density at radius 1 is 0.829 bits per heavy atom. The first-order valence-corrected chi connectivity index (χ1v) is 12.0. The molecule has 178 valence electrons. The molecule has 1 aliphatic rings. The fourth-order valence-corrected chi connectivity index (χ4v) is 4.09. The van der Waals surface area contributed by atoms with E-state index in [9.17, 15) is 9.59 Å². The zero-order valence-corrected chi connectivity index (χ0v) is 21.1. The van der Waals surface area contributed by atoms with Gasteiger partial charge in [-0.3, -0.25) is 19.4 Å². The third kappa shape index (κ3) is 5.17. The van der Waals surface area contributed by atoms with Crippen LogP contribution >= 0.6 is 12.2 Å². The largest absolute Gasteiger partial charge is 0.493 e. The van der Waals surface area contributed by atoms with Crippen molar-refractivity contribution in [1.82, 2.24) is 0 Å². The van der Waals surface area contributed by atoms with E-state index >= 15 is 0 Å². The van der Waals surface area contributed by atoms with Gasteiger partial charge < -0.3 is 4.74 Å². The number of hydrogen-bond acceptors (Lipinski definition) is 4. The fourth-order valence-electron chi connectivity index (χ4n) is 3.72. The van der Waals surface area contributed by atoms with Crippen LogP contribution in [0.25, 0.3) is 6.08 Å². The second kappa shape index (κ2) is 10.2. The molecule has 3 aromatic rings. The number of thiocarbonyl (C=S) groups is 1. The predicted molar refractivity (Wildman–Crippen MR) is 145 cm³/mol. The van der Waals surface area contributed by atoms with Crippen LogP contribution in [0.1, 0.15) is 30.5 Å². The molecule has 0 N–H and O–H groups in total. The van der Waals surface area contributed by atoms with E-state index in [4.69, 9.17) is 17.0 Å². The van der Waals surface area contributed by atoms with Gasteiger partial charge >= 0.3 is 0 Å². The number of benzene rings is 3. The Hall–Kier alpha value is -3.77. The Morgan fingerprint density at radius 3 is 2.06 bits per heavy atom. The smallest absolute Gasteiger partial charge is 0.270 e. The lowest BCUT2D eigenvalue weighted by molar-refractivity contribution is -0.120. The summed E-state index contributed by atoms with van der Waals surface area (Å²) in [6, 6.07) is 22.2. The van der Waals surface area contributed by atoms with E-state index < -0.39 is 11.8 Å². The fraction of sp³-hybridized carbons (Fsp3) is 0.207. The molecule has 0 saturated carbocycles. The van der Waals surface area contributed by atoms with E-state index in [1.165, 1.54) is 9.80 Å². The number of amides is 2. The van der Waals surface area contributed by atoms with Gasteiger partial charge in [0.2, 0.25) is 0 Å². The third-order valence-corrected chi connectivity index (χ3v) is 6.15. The van der Waals surface area contributed by atoms with Crippen LogP contribution in [0.5, 0.6) is 5.75 Å². The molecule has 1 saturated heterocycles. The van der Waals surface area contributed by atoms with Gasteiger partial charge in [-0.2, -0.15) is 0 Å². The Kier molecular flexibility index (Phi) is 7.12. The number of rotatable bonds is 6. The number of hydrogen-bond donors (Lipinski definition) is 0. The zero-order valence-electron chi connectivity index (χ0n) is 20.3. The van der Waals surface area contributed by atoms with Crippen LogP contribution in [0.3, 0.4) is 0 Å². The molecular formula is C29H28N2O3S. The summed E-state index contributed by atoms with van der Waals surface area (Å²) in [6.45, 7) is 8.78. The number of carbonyl (C=O) groups excluding carboxylic acids is 2. The van der Waals surface area contributed by atoms with Gasteiger partial charge in [-0.1, -0.05) is 50.2 Å². The monoisotopic (exact) mass is 484 g/mol. The summed E-state index contributed by atoms with van der Waals surface area (Å²) in [5.74, 6) is 0.256. The molecule has 0 spiro atoms.